The van der Waals surface area contributed by atoms with Crippen molar-refractivity contribution in [3.8, 4) is 29.6 Å². The Balaban J connectivity index is 2.14. The third-order valence-electron chi connectivity index (χ3n) is 4.31. The zero-order chi connectivity index (χ0) is 20.3. The highest BCUT2D eigenvalue weighted by atomic mass is 32.2. The van der Waals surface area contributed by atoms with Crippen LogP contribution in [0.25, 0.3) is 0 Å². The van der Waals surface area contributed by atoms with Gasteiger partial charge in [-0.2, -0.15) is 0 Å². The molecule has 9 heteroatoms. The summed E-state index contributed by atoms with van der Waals surface area (Å²) in [6.07, 6.45) is 5.35. The number of thioether (sulfide) groups is 1. The van der Waals surface area contributed by atoms with Gasteiger partial charge in [-0.15, -0.1) is 6.42 Å². The number of carbonyl (C=O) groups is 1. The van der Waals surface area contributed by atoms with Gasteiger partial charge < -0.3 is 24.5 Å². The third-order valence-corrected chi connectivity index (χ3v) is 5.09. The van der Waals surface area contributed by atoms with Gasteiger partial charge in [0, 0.05) is 12.3 Å². The number of anilines is 1. The summed E-state index contributed by atoms with van der Waals surface area (Å²) in [5.74, 6) is 3.62. The molecule has 1 aliphatic rings. The maximum atomic E-state index is 12.8. The Bertz CT molecular complexity index is 987. The number of amides is 1. The number of carbonyl (C=O) groups excluding carboxylic acids is 1. The molecular formula is C19H19N3O5S. The number of hydrogen-bond acceptors (Lipinski definition) is 7. The van der Waals surface area contributed by atoms with E-state index in [-0.39, 0.29) is 23.7 Å². The van der Waals surface area contributed by atoms with Gasteiger partial charge in [0.15, 0.2) is 16.7 Å². The van der Waals surface area contributed by atoms with E-state index in [1.807, 2.05) is 0 Å². The van der Waals surface area contributed by atoms with Crippen molar-refractivity contribution in [2.75, 3.05) is 32.4 Å². The van der Waals surface area contributed by atoms with Crippen molar-refractivity contribution in [2.45, 2.75) is 17.5 Å². The molecule has 0 radical (unpaired) electrons. The van der Waals surface area contributed by atoms with Crippen LogP contribution in [0.15, 0.2) is 22.1 Å². The first-order chi connectivity index (χ1) is 13.5. The second-order valence-corrected chi connectivity index (χ2v) is 6.85. The Morgan fingerprint density at radius 2 is 1.89 bits per heavy atom. The Morgan fingerprint density at radius 3 is 2.46 bits per heavy atom. The summed E-state index contributed by atoms with van der Waals surface area (Å²) in [4.78, 5) is 32.1. The average molecular weight is 401 g/mol. The molecule has 1 amide bonds. The molecule has 1 aromatic carbocycles. The molecular weight excluding hydrogens is 382 g/mol. The number of H-pyrrole nitrogens is 1. The van der Waals surface area contributed by atoms with Crippen molar-refractivity contribution < 1.29 is 19.0 Å². The van der Waals surface area contributed by atoms with E-state index < -0.39 is 5.92 Å². The first-order valence-corrected chi connectivity index (χ1v) is 9.31. The predicted molar refractivity (Wildman–Crippen MR) is 106 cm³/mol. The quantitative estimate of drug-likeness (QED) is 0.434. The zero-order valence-electron chi connectivity index (χ0n) is 15.6. The molecule has 146 valence electrons. The molecule has 1 unspecified atom stereocenters. The molecule has 0 saturated carbocycles. The van der Waals surface area contributed by atoms with Crippen LogP contribution in [0.5, 0.6) is 17.2 Å². The van der Waals surface area contributed by atoms with Crippen LogP contribution in [0.1, 0.15) is 23.5 Å². The predicted octanol–water partition coefficient (Wildman–Crippen LogP) is 2.00. The Morgan fingerprint density at radius 1 is 1.21 bits per heavy atom. The molecule has 2 heterocycles. The molecule has 3 rings (SSSR count). The van der Waals surface area contributed by atoms with E-state index in [0.717, 1.165) is 0 Å². The van der Waals surface area contributed by atoms with Crippen LogP contribution in [0.3, 0.4) is 0 Å². The van der Waals surface area contributed by atoms with Crippen molar-refractivity contribution in [1.29, 1.82) is 0 Å². The van der Waals surface area contributed by atoms with Crippen molar-refractivity contribution >= 4 is 23.5 Å². The fourth-order valence-corrected chi connectivity index (χ4v) is 3.66. The normalized spacial score (nSPS) is 15.2. The summed E-state index contributed by atoms with van der Waals surface area (Å²) in [5, 5.41) is 3.03. The minimum atomic E-state index is -0.514. The number of benzene rings is 1. The second kappa shape index (κ2) is 8.27. The Kier molecular flexibility index (Phi) is 5.80. The van der Waals surface area contributed by atoms with Crippen LogP contribution >= 0.6 is 11.8 Å². The summed E-state index contributed by atoms with van der Waals surface area (Å²) in [7, 11) is 4.52. The van der Waals surface area contributed by atoms with Gasteiger partial charge in [-0.1, -0.05) is 17.7 Å². The SMILES string of the molecule is C#CCSc1nc2c(c(=O)[nH]1)C(c1cc(OC)c(OC)c(OC)c1)CC(=O)N2. The number of rotatable bonds is 6. The number of nitrogens with zero attached hydrogens (tertiary/aromatic N) is 1. The van der Waals surface area contributed by atoms with Crippen LogP contribution in [-0.4, -0.2) is 43.0 Å². The smallest absolute Gasteiger partial charge is 0.257 e. The number of fused-ring (bicyclic) bond motifs is 1. The lowest BCUT2D eigenvalue weighted by atomic mass is 9.86. The van der Waals surface area contributed by atoms with Gasteiger partial charge in [-0.25, -0.2) is 4.98 Å². The summed E-state index contributed by atoms with van der Waals surface area (Å²) >= 11 is 1.21. The monoisotopic (exact) mass is 401 g/mol. The van der Waals surface area contributed by atoms with Gasteiger partial charge in [0.1, 0.15) is 5.82 Å². The molecule has 1 aliphatic heterocycles. The highest BCUT2D eigenvalue weighted by molar-refractivity contribution is 7.99. The van der Waals surface area contributed by atoms with Crippen LogP contribution < -0.4 is 25.1 Å². The van der Waals surface area contributed by atoms with Gasteiger partial charge in [-0.3, -0.25) is 9.59 Å². The maximum absolute atomic E-state index is 12.8. The molecule has 2 aromatic rings. The van der Waals surface area contributed by atoms with E-state index in [9.17, 15) is 9.59 Å². The molecule has 1 atom stereocenters. The van der Waals surface area contributed by atoms with E-state index in [2.05, 4.69) is 21.2 Å². The molecule has 2 N–H and O–H groups in total. The van der Waals surface area contributed by atoms with Crippen LogP contribution in [0, 0.1) is 12.3 Å². The maximum Gasteiger partial charge on any atom is 0.257 e. The van der Waals surface area contributed by atoms with E-state index in [1.165, 1.54) is 33.1 Å². The largest absolute Gasteiger partial charge is 0.493 e. The topological polar surface area (TPSA) is 103 Å². The molecule has 0 bridgehead atoms. The number of aromatic amines is 1. The zero-order valence-corrected chi connectivity index (χ0v) is 16.4. The van der Waals surface area contributed by atoms with Gasteiger partial charge in [0.2, 0.25) is 11.7 Å². The third kappa shape index (κ3) is 3.64. The van der Waals surface area contributed by atoms with E-state index in [4.69, 9.17) is 20.6 Å². The summed E-state index contributed by atoms with van der Waals surface area (Å²) in [6.45, 7) is 0. The van der Waals surface area contributed by atoms with Crippen molar-refractivity contribution in [1.82, 2.24) is 9.97 Å². The van der Waals surface area contributed by atoms with E-state index >= 15 is 0 Å². The van der Waals surface area contributed by atoms with E-state index in [1.54, 1.807) is 12.1 Å². The molecule has 0 fully saturated rings. The van der Waals surface area contributed by atoms with Gasteiger partial charge in [0.25, 0.3) is 5.56 Å². The standard InChI is InChI=1S/C19H19N3O5S/c1-5-6-28-19-21-17-15(18(24)22-19)11(9-14(23)20-17)10-7-12(25-2)16(27-4)13(8-10)26-3/h1,7-8,11H,6,9H2,2-4H3,(H2,20,21,22,23,24). The summed E-state index contributed by atoms with van der Waals surface area (Å²) in [6, 6.07) is 3.46. The van der Waals surface area contributed by atoms with Gasteiger partial charge in [0.05, 0.1) is 32.6 Å². The van der Waals surface area contributed by atoms with Crippen molar-refractivity contribution in [3.05, 3.63) is 33.6 Å². The molecule has 8 nitrogen and oxygen atoms in total. The van der Waals surface area contributed by atoms with E-state index in [0.29, 0.717) is 39.3 Å². The summed E-state index contributed by atoms with van der Waals surface area (Å²) in [5.41, 5.74) is 0.726. The molecule has 0 saturated heterocycles. The van der Waals surface area contributed by atoms with Crippen molar-refractivity contribution in [2.24, 2.45) is 0 Å². The van der Waals surface area contributed by atoms with Crippen LogP contribution in [0.2, 0.25) is 0 Å². The summed E-state index contributed by atoms with van der Waals surface area (Å²) < 4.78 is 16.1. The minimum absolute atomic E-state index is 0.0905. The fraction of sp³-hybridized carbons (Fsp3) is 0.316. The fourth-order valence-electron chi connectivity index (χ4n) is 3.12. The first-order valence-electron chi connectivity index (χ1n) is 8.32. The number of terminal acetylenes is 1. The number of aromatic nitrogens is 2. The van der Waals surface area contributed by atoms with Gasteiger partial charge in [-0.05, 0) is 17.7 Å². The van der Waals surface area contributed by atoms with Crippen LogP contribution in [-0.2, 0) is 4.79 Å². The molecule has 28 heavy (non-hydrogen) atoms. The molecule has 1 aromatic heterocycles. The lowest BCUT2D eigenvalue weighted by Gasteiger charge is -2.25. The highest BCUT2D eigenvalue weighted by Crippen LogP contribution is 2.43. The van der Waals surface area contributed by atoms with Crippen molar-refractivity contribution in [3.63, 3.8) is 0 Å². The number of hydrogen-bond donors (Lipinski definition) is 2. The number of methoxy groups -OCH3 is 3. The minimum Gasteiger partial charge on any atom is -0.493 e. The lowest BCUT2D eigenvalue weighted by molar-refractivity contribution is -0.116. The van der Waals surface area contributed by atoms with Gasteiger partial charge >= 0.3 is 0 Å². The molecule has 0 spiro atoms. The Hall–Kier alpha value is -3.12. The Labute approximate surface area is 166 Å². The first kappa shape index (κ1) is 19.6. The van der Waals surface area contributed by atoms with Crippen LogP contribution in [0.4, 0.5) is 5.82 Å². The molecule has 0 aliphatic carbocycles. The number of nitrogens with one attached hydrogen (secondary N) is 2. The number of ether oxygens (including phenoxy) is 3. The lowest BCUT2D eigenvalue weighted by Crippen LogP contribution is -2.31. The average Bonchev–Trinajstić information content (AvgIpc) is 2.69. The second-order valence-electron chi connectivity index (χ2n) is 5.89. The highest BCUT2D eigenvalue weighted by Gasteiger charge is 2.32.